The molecule has 29 heavy (non-hydrogen) atoms. The van der Waals surface area contributed by atoms with Crippen LogP contribution in [-0.2, 0) is 28.2 Å². The SMILES string of the molecule is C=CCC1C/C(=C\C(=O)OC)C(=O)[C@](OC)(C(C)(C)CO[Si](C)(C)C(C)(C)C)O1. The third-order valence-electron chi connectivity index (χ3n) is 6.07. The Morgan fingerprint density at radius 2 is 1.86 bits per heavy atom. The minimum Gasteiger partial charge on any atom is -0.466 e. The largest absolute Gasteiger partial charge is 0.466 e. The summed E-state index contributed by atoms with van der Waals surface area (Å²) in [6.45, 7) is 18.7. The van der Waals surface area contributed by atoms with Crippen LogP contribution < -0.4 is 0 Å². The molecule has 0 aromatic rings. The van der Waals surface area contributed by atoms with Crippen LogP contribution in [0.1, 0.15) is 47.5 Å². The molecule has 1 unspecified atom stereocenters. The van der Waals surface area contributed by atoms with E-state index in [9.17, 15) is 9.59 Å². The highest BCUT2D eigenvalue weighted by molar-refractivity contribution is 6.74. The van der Waals surface area contributed by atoms with E-state index in [-0.39, 0.29) is 23.5 Å². The number of esters is 1. The van der Waals surface area contributed by atoms with Crippen molar-refractivity contribution in [2.24, 2.45) is 5.41 Å². The average molecular weight is 427 g/mol. The second-order valence-corrected chi connectivity index (χ2v) is 14.6. The normalized spacial score (nSPS) is 25.2. The summed E-state index contributed by atoms with van der Waals surface area (Å²) in [5.74, 6) is -2.51. The first-order valence-electron chi connectivity index (χ1n) is 9.98. The van der Waals surface area contributed by atoms with E-state index in [0.29, 0.717) is 18.4 Å². The van der Waals surface area contributed by atoms with E-state index in [4.69, 9.17) is 18.6 Å². The Morgan fingerprint density at radius 1 is 1.28 bits per heavy atom. The van der Waals surface area contributed by atoms with Gasteiger partial charge in [0.25, 0.3) is 0 Å². The van der Waals surface area contributed by atoms with Crippen LogP contribution in [-0.4, -0.2) is 52.8 Å². The van der Waals surface area contributed by atoms with Crippen LogP contribution >= 0.6 is 0 Å². The molecule has 1 aliphatic heterocycles. The molecule has 1 fully saturated rings. The maximum Gasteiger partial charge on any atom is 0.330 e. The van der Waals surface area contributed by atoms with E-state index >= 15 is 0 Å². The number of carbonyl (C=O) groups excluding carboxylic acids is 2. The first-order valence-corrected chi connectivity index (χ1v) is 12.9. The summed E-state index contributed by atoms with van der Waals surface area (Å²) in [6.07, 6.45) is 3.45. The van der Waals surface area contributed by atoms with Gasteiger partial charge in [0.1, 0.15) is 0 Å². The van der Waals surface area contributed by atoms with Crippen LogP contribution in [0, 0.1) is 5.41 Å². The van der Waals surface area contributed by atoms with Crippen LogP contribution in [0.3, 0.4) is 0 Å². The Balaban J connectivity index is 3.34. The van der Waals surface area contributed by atoms with Crippen LogP contribution in [0.2, 0.25) is 18.1 Å². The van der Waals surface area contributed by atoms with Gasteiger partial charge in [0, 0.05) is 37.2 Å². The quantitative estimate of drug-likeness (QED) is 0.248. The van der Waals surface area contributed by atoms with Gasteiger partial charge >= 0.3 is 5.97 Å². The van der Waals surface area contributed by atoms with Gasteiger partial charge in [0.2, 0.25) is 11.6 Å². The molecule has 6 nitrogen and oxygen atoms in total. The number of ether oxygens (including phenoxy) is 3. The van der Waals surface area contributed by atoms with Crippen molar-refractivity contribution in [1.29, 1.82) is 0 Å². The number of rotatable bonds is 8. The van der Waals surface area contributed by atoms with Crippen LogP contribution in [0.5, 0.6) is 0 Å². The number of methoxy groups -OCH3 is 2. The lowest BCUT2D eigenvalue weighted by molar-refractivity contribution is -0.289. The van der Waals surface area contributed by atoms with E-state index in [1.54, 1.807) is 6.08 Å². The molecule has 0 aromatic heterocycles. The molecule has 0 aliphatic carbocycles. The average Bonchev–Trinajstić information content (AvgIpc) is 2.61. The van der Waals surface area contributed by atoms with Crippen molar-refractivity contribution in [1.82, 2.24) is 0 Å². The zero-order valence-corrected chi connectivity index (χ0v) is 20.5. The summed E-state index contributed by atoms with van der Waals surface area (Å²) in [6, 6.07) is 0. The summed E-state index contributed by atoms with van der Waals surface area (Å²) in [7, 11) is 0.685. The fourth-order valence-corrected chi connectivity index (χ4v) is 4.23. The summed E-state index contributed by atoms with van der Waals surface area (Å²) >= 11 is 0. The lowest BCUT2D eigenvalue weighted by Gasteiger charge is -2.49. The van der Waals surface area contributed by atoms with E-state index in [1.165, 1.54) is 20.3 Å². The molecule has 7 heteroatoms. The Morgan fingerprint density at radius 3 is 2.31 bits per heavy atom. The highest BCUT2D eigenvalue weighted by atomic mass is 28.4. The maximum atomic E-state index is 13.5. The van der Waals surface area contributed by atoms with Gasteiger partial charge in [-0.05, 0) is 24.6 Å². The fourth-order valence-electron chi connectivity index (χ4n) is 3.08. The summed E-state index contributed by atoms with van der Waals surface area (Å²) in [5, 5.41) is 0.0298. The lowest BCUT2D eigenvalue weighted by Crippen LogP contribution is -2.62. The number of hydrogen-bond acceptors (Lipinski definition) is 6. The van der Waals surface area contributed by atoms with Gasteiger partial charge in [-0.1, -0.05) is 40.7 Å². The monoisotopic (exact) mass is 426 g/mol. The molecule has 0 bridgehead atoms. The van der Waals surface area contributed by atoms with E-state index in [1.807, 2.05) is 13.8 Å². The summed E-state index contributed by atoms with van der Waals surface area (Å²) in [5.41, 5.74) is -0.471. The van der Waals surface area contributed by atoms with Gasteiger partial charge in [-0.15, -0.1) is 6.58 Å². The molecule has 2 atom stereocenters. The van der Waals surface area contributed by atoms with Crippen molar-refractivity contribution >= 4 is 20.1 Å². The Labute approximate surface area is 176 Å². The predicted octanol–water partition coefficient (Wildman–Crippen LogP) is 4.41. The number of ketones is 1. The summed E-state index contributed by atoms with van der Waals surface area (Å²) in [4.78, 5) is 25.3. The minimum absolute atomic E-state index is 0.0298. The molecule has 1 rings (SSSR count). The Hall–Kier alpha value is -1.28. The predicted molar refractivity (Wildman–Crippen MR) is 116 cm³/mol. The second kappa shape index (κ2) is 9.25. The molecule has 1 saturated heterocycles. The molecule has 0 spiro atoms. The van der Waals surface area contributed by atoms with E-state index < -0.39 is 25.5 Å². The van der Waals surface area contributed by atoms with Crippen molar-refractivity contribution in [3.63, 3.8) is 0 Å². The molecule has 0 aromatic carbocycles. The number of Topliss-reactive ketones (excluding diaryl/α,β-unsaturated/α-hetero) is 1. The zero-order valence-electron chi connectivity index (χ0n) is 19.5. The molecule has 1 heterocycles. The third-order valence-corrected chi connectivity index (χ3v) is 10.6. The molecular weight excluding hydrogens is 388 g/mol. The summed E-state index contributed by atoms with van der Waals surface area (Å²) < 4.78 is 23.1. The van der Waals surface area contributed by atoms with Gasteiger partial charge in [-0.3, -0.25) is 4.79 Å². The third kappa shape index (κ3) is 5.45. The molecule has 0 N–H and O–H groups in total. The van der Waals surface area contributed by atoms with E-state index in [2.05, 4.69) is 40.4 Å². The van der Waals surface area contributed by atoms with Crippen molar-refractivity contribution in [3.05, 3.63) is 24.3 Å². The smallest absolute Gasteiger partial charge is 0.330 e. The van der Waals surface area contributed by atoms with Crippen LogP contribution in [0.25, 0.3) is 0 Å². The molecule has 0 saturated carbocycles. The highest BCUT2D eigenvalue weighted by Crippen LogP contribution is 2.45. The van der Waals surface area contributed by atoms with Gasteiger partial charge in [-0.2, -0.15) is 0 Å². The van der Waals surface area contributed by atoms with Gasteiger partial charge in [0.05, 0.1) is 13.2 Å². The van der Waals surface area contributed by atoms with Crippen molar-refractivity contribution in [3.8, 4) is 0 Å². The molecule has 0 amide bonds. The first-order chi connectivity index (χ1) is 13.2. The van der Waals surface area contributed by atoms with Crippen LogP contribution in [0.4, 0.5) is 0 Å². The van der Waals surface area contributed by atoms with Gasteiger partial charge < -0.3 is 18.6 Å². The number of carbonyl (C=O) groups is 2. The van der Waals surface area contributed by atoms with Gasteiger partial charge in [-0.25, -0.2) is 4.79 Å². The standard InChI is InChI=1S/C22H38O6Si/c1-11-12-17-13-16(14-18(23)25-7)19(24)22(26-8,28-17)21(5,6)15-27-29(9,10)20(2,3)4/h11,14,17H,1,12-13,15H2,2-10H3/b16-14+/t17?,22-/m1/s1. The van der Waals surface area contributed by atoms with Crippen molar-refractivity contribution < 1.29 is 28.2 Å². The zero-order chi connectivity index (χ0) is 22.7. The molecular formula is C22H38O6Si. The van der Waals surface area contributed by atoms with Crippen LogP contribution in [0.15, 0.2) is 24.3 Å². The topological polar surface area (TPSA) is 71.1 Å². The van der Waals surface area contributed by atoms with Crippen molar-refractivity contribution in [2.45, 2.75) is 77.5 Å². The Bertz CT molecular complexity index is 659. The first kappa shape index (κ1) is 25.8. The van der Waals surface area contributed by atoms with E-state index in [0.717, 1.165) is 0 Å². The fraction of sp³-hybridized carbons (Fsp3) is 0.727. The molecule has 0 radical (unpaired) electrons. The lowest BCUT2D eigenvalue weighted by atomic mass is 9.76. The Kier molecular flexibility index (Phi) is 8.21. The molecule has 166 valence electrons. The minimum atomic E-state index is -2.05. The number of hydrogen-bond donors (Lipinski definition) is 0. The highest BCUT2D eigenvalue weighted by Gasteiger charge is 2.58. The van der Waals surface area contributed by atoms with Gasteiger partial charge in [0.15, 0.2) is 8.32 Å². The maximum absolute atomic E-state index is 13.5. The van der Waals surface area contributed by atoms with Crippen molar-refractivity contribution in [2.75, 3.05) is 20.8 Å². The molecule has 1 aliphatic rings. The second-order valence-electron chi connectivity index (χ2n) is 9.74.